The molecule has 6 heteroatoms. The SMILES string of the molecule is CNc1cc(N2CCCCCCC2)ccc1C(=N)C(=O)NC1CCN(CC2CCCCC2)CC1. The predicted octanol–water partition coefficient (Wildman–Crippen LogP) is 5.03. The third-order valence-corrected chi connectivity index (χ3v) is 8.15. The minimum absolute atomic E-state index is 0.0631. The lowest BCUT2D eigenvalue weighted by molar-refractivity contribution is -0.115. The first kappa shape index (κ1) is 25.0. The Morgan fingerprint density at radius 3 is 2.24 bits per heavy atom. The van der Waals surface area contributed by atoms with Crippen LogP contribution >= 0.6 is 0 Å². The number of hydrogen-bond acceptors (Lipinski definition) is 5. The molecule has 3 fully saturated rings. The number of carbonyl (C=O) groups is 1. The molecule has 0 spiro atoms. The summed E-state index contributed by atoms with van der Waals surface area (Å²) in [5, 5.41) is 15.0. The lowest BCUT2D eigenvalue weighted by atomic mass is 9.88. The molecule has 0 unspecified atom stereocenters. The van der Waals surface area contributed by atoms with Crippen LogP contribution in [0.2, 0.25) is 0 Å². The van der Waals surface area contributed by atoms with E-state index in [-0.39, 0.29) is 17.7 Å². The van der Waals surface area contributed by atoms with Crippen LogP contribution in [0.15, 0.2) is 18.2 Å². The van der Waals surface area contributed by atoms with Crippen LogP contribution in [0.5, 0.6) is 0 Å². The number of anilines is 2. The largest absolute Gasteiger partial charge is 0.388 e. The smallest absolute Gasteiger partial charge is 0.270 e. The molecule has 2 aliphatic heterocycles. The number of likely N-dealkylation sites (tertiary alicyclic amines) is 1. The summed E-state index contributed by atoms with van der Waals surface area (Å²) in [5.74, 6) is 0.621. The molecule has 0 aromatic heterocycles. The molecule has 0 bridgehead atoms. The molecule has 2 heterocycles. The van der Waals surface area contributed by atoms with E-state index in [4.69, 9.17) is 5.41 Å². The normalized spacial score (nSPS) is 21.5. The highest BCUT2D eigenvalue weighted by Crippen LogP contribution is 2.27. The maximum Gasteiger partial charge on any atom is 0.270 e. The fraction of sp³-hybridized carbons (Fsp3) is 0.714. The van der Waals surface area contributed by atoms with E-state index in [1.807, 2.05) is 13.1 Å². The first-order valence-electron chi connectivity index (χ1n) is 13.8. The van der Waals surface area contributed by atoms with Gasteiger partial charge in [-0.1, -0.05) is 38.5 Å². The first-order valence-corrected chi connectivity index (χ1v) is 13.8. The van der Waals surface area contributed by atoms with E-state index in [9.17, 15) is 4.79 Å². The van der Waals surface area contributed by atoms with Crippen molar-refractivity contribution in [1.82, 2.24) is 10.2 Å². The Morgan fingerprint density at radius 1 is 0.912 bits per heavy atom. The van der Waals surface area contributed by atoms with E-state index in [1.165, 1.54) is 76.4 Å². The number of piperidine rings is 1. The molecule has 1 amide bonds. The Morgan fingerprint density at radius 2 is 1.56 bits per heavy atom. The van der Waals surface area contributed by atoms with Crippen molar-refractivity contribution in [3.8, 4) is 0 Å². The Balaban J connectivity index is 1.30. The van der Waals surface area contributed by atoms with Gasteiger partial charge in [0.15, 0.2) is 0 Å². The van der Waals surface area contributed by atoms with Gasteiger partial charge in [0.2, 0.25) is 0 Å². The van der Waals surface area contributed by atoms with Crippen molar-refractivity contribution >= 4 is 23.0 Å². The standard InChI is InChI=1S/C28H45N5O/c1-30-26-20-24(33-16-8-3-2-4-9-17-33)12-13-25(26)27(29)28(34)31-23-14-18-32(19-15-23)21-22-10-6-5-7-11-22/h12-13,20,22-23,29-30H,2-11,14-19,21H2,1H3,(H,31,34). The summed E-state index contributed by atoms with van der Waals surface area (Å²) in [6.45, 7) is 5.51. The Kier molecular flexibility index (Phi) is 9.25. The third-order valence-electron chi connectivity index (χ3n) is 8.15. The second-order valence-electron chi connectivity index (χ2n) is 10.7. The third kappa shape index (κ3) is 6.74. The van der Waals surface area contributed by atoms with Gasteiger partial charge >= 0.3 is 0 Å². The number of amides is 1. The van der Waals surface area contributed by atoms with Crippen molar-refractivity contribution in [2.45, 2.75) is 83.1 Å². The van der Waals surface area contributed by atoms with Crippen molar-refractivity contribution in [3.63, 3.8) is 0 Å². The number of hydrogen-bond donors (Lipinski definition) is 3. The Labute approximate surface area is 206 Å². The molecule has 1 aliphatic carbocycles. The van der Waals surface area contributed by atoms with Gasteiger partial charge < -0.3 is 20.4 Å². The topological polar surface area (TPSA) is 71.5 Å². The Bertz CT molecular complexity index is 803. The van der Waals surface area contributed by atoms with Crippen LogP contribution in [0.1, 0.15) is 82.6 Å². The molecule has 3 N–H and O–H groups in total. The van der Waals surface area contributed by atoms with Crippen molar-refractivity contribution in [1.29, 1.82) is 5.41 Å². The van der Waals surface area contributed by atoms with Crippen molar-refractivity contribution < 1.29 is 4.79 Å². The second-order valence-corrected chi connectivity index (χ2v) is 10.7. The van der Waals surface area contributed by atoms with Gasteiger partial charge in [-0.05, 0) is 62.6 Å². The first-order chi connectivity index (χ1) is 16.6. The number of nitrogens with one attached hydrogen (secondary N) is 3. The van der Waals surface area contributed by atoms with Crippen LogP contribution < -0.4 is 15.5 Å². The molecule has 1 saturated carbocycles. The van der Waals surface area contributed by atoms with Crippen molar-refractivity contribution in [2.24, 2.45) is 5.92 Å². The van der Waals surface area contributed by atoms with Crippen LogP contribution in [0.4, 0.5) is 11.4 Å². The Hall–Kier alpha value is -2.08. The van der Waals surface area contributed by atoms with E-state index in [1.54, 1.807) is 0 Å². The summed E-state index contributed by atoms with van der Waals surface area (Å²) >= 11 is 0. The molecule has 188 valence electrons. The zero-order chi connectivity index (χ0) is 23.8. The van der Waals surface area contributed by atoms with Gasteiger partial charge in [-0.25, -0.2) is 0 Å². The van der Waals surface area contributed by atoms with Crippen molar-refractivity contribution in [2.75, 3.05) is 50.0 Å². The molecule has 0 atom stereocenters. The summed E-state index contributed by atoms with van der Waals surface area (Å²) in [6, 6.07) is 6.33. The van der Waals surface area contributed by atoms with E-state index in [2.05, 4.69) is 32.6 Å². The maximum absolute atomic E-state index is 13.0. The summed E-state index contributed by atoms with van der Waals surface area (Å²) in [7, 11) is 1.88. The highest BCUT2D eigenvalue weighted by Gasteiger charge is 2.25. The van der Waals surface area contributed by atoms with Gasteiger partial charge in [0.05, 0.1) is 0 Å². The molecule has 6 nitrogen and oxygen atoms in total. The quantitative estimate of drug-likeness (QED) is 0.492. The molecule has 34 heavy (non-hydrogen) atoms. The predicted molar refractivity (Wildman–Crippen MR) is 142 cm³/mol. The summed E-state index contributed by atoms with van der Waals surface area (Å²) in [6.07, 6.45) is 15.4. The van der Waals surface area contributed by atoms with Gasteiger partial charge in [-0.3, -0.25) is 10.2 Å². The van der Waals surface area contributed by atoms with E-state index in [0.717, 1.165) is 50.6 Å². The van der Waals surface area contributed by atoms with Gasteiger partial charge in [0.1, 0.15) is 5.71 Å². The molecule has 4 rings (SSSR count). The highest BCUT2D eigenvalue weighted by molar-refractivity contribution is 6.45. The average molecular weight is 468 g/mol. The maximum atomic E-state index is 13.0. The van der Waals surface area contributed by atoms with Gasteiger partial charge in [-0.2, -0.15) is 0 Å². The van der Waals surface area contributed by atoms with E-state index in [0.29, 0.717) is 5.56 Å². The van der Waals surface area contributed by atoms with Gasteiger partial charge in [0.25, 0.3) is 5.91 Å². The molecule has 1 aromatic rings. The molecular weight excluding hydrogens is 422 g/mol. The minimum atomic E-state index is -0.249. The summed E-state index contributed by atoms with van der Waals surface area (Å²) < 4.78 is 0. The molecule has 1 aromatic carbocycles. The van der Waals surface area contributed by atoms with Crippen LogP contribution in [0.3, 0.4) is 0 Å². The fourth-order valence-corrected chi connectivity index (χ4v) is 6.03. The summed E-state index contributed by atoms with van der Waals surface area (Å²) in [4.78, 5) is 18.0. The highest BCUT2D eigenvalue weighted by atomic mass is 16.1. The van der Waals surface area contributed by atoms with Crippen LogP contribution in [0, 0.1) is 11.3 Å². The van der Waals surface area contributed by atoms with Gasteiger partial charge in [-0.15, -0.1) is 0 Å². The minimum Gasteiger partial charge on any atom is -0.388 e. The fourth-order valence-electron chi connectivity index (χ4n) is 6.03. The van der Waals surface area contributed by atoms with E-state index >= 15 is 0 Å². The van der Waals surface area contributed by atoms with Gasteiger partial charge in [0, 0.05) is 62.8 Å². The number of nitrogens with zero attached hydrogens (tertiary/aromatic N) is 2. The van der Waals surface area contributed by atoms with Crippen LogP contribution in [-0.4, -0.2) is 62.3 Å². The monoisotopic (exact) mass is 467 g/mol. The average Bonchev–Trinajstić information content (AvgIpc) is 2.85. The molecule has 3 aliphatic rings. The lowest BCUT2D eigenvalue weighted by Gasteiger charge is -2.35. The van der Waals surface area contributed by atoms with Crippen LogP contribution in [-0.2, 0) is 4.79 Å². The molecule has 2 saturated heterocycles. The second kappa shape index (κ2) is 12.6. The van der Waals surface area contributed by atoms with Crippen molar-refractivity contribution in [3.05, 3.63) is 23.8 Å². The van der Waals surface area contributed by atoms with Crippen LogP contribution in [0.25, 0.3) is 0 Å². The number of rotatable bonds is 7. The molecule has 0 radical (unpaired) electrons. The number of carbonyl (C=O) groups excluding carboxylic acids is 1. The molecular formula is C28H45N5O. The lowest BCUT2D eigenvalue weighted by Crippen LogP contribution is -2.47. The van der Waals surface area contributed by atoms with E-state index < -0.39 is 0 Å². The zero-order valence-corrected chi connectivity index (χ0v) is 21.2. The zero-order valence-electron chi connectivity index (χ0n) is 21.2. The number of benzene rings is 1. The summed E-state index contributed by atoms with van der Waals surface area (Å²) in [5.41, 5.74) is 2.80.